The van der Waals surface area contributed by atoms with Gasteiger partial charge in [-0.3, -0.25) is 5.41 Å². The molecule has 0 bridgehead atoms. The third-order valence-corrected chi connectivity index (χ3v) is 1.45. The van der Waals surface area contributed by atoms with Crippen LogP contribution >= 0.6 is 0 Å². The summed E-state index contributed by atoms with van der Waals surface area (Å²) >= 11 is 0. The van der Waals surface area contributed by atoms with Crippen LogP contribution in [0.3, 0.4) is 0 Å². The largest absolute Gasteiger partial charge is 0.370 e. The first-order chi connectivity index (χ1) is 5.54. The topological polar surface area (TPSA) is 116 Å². The summed E-state index contributed by atoms with van der Waals surface area (Å²) in [6.07, 6.45) is 2.39. The van der Waals surface area contributed by atoms with Gasteiger partial charge in [-0.15, -0.1) is 10.1 Å². The molecule has 0 amide bonds. The van der Waals surface area contributed by atoms with Crippen LogP contribution in [0.25, 0.3) is 0 Å². The van der Waals surface area contributed by atoms with Crippen molar-refractivity contribution >= 4 is 5.96 Å². The van der Waals surface area contributed by atoms with Crippen LogP contribution in [-0.4, -0.2) is 34.2 Å². The van der Waals surface area contributed by atoms with Gasteiger partial charge in [0.25, 0.3) is 5.09 Å². The zero-order chi connectivity index (χ0) is 9.56. The number of rotatable bonds is 0. The molecule has 0 atom stereocenters. The first kappa shape index (κ1) is 10.5. The van der Waals surface area contributed by atoms with Crippen molar-refractivity contribution < 1.29 is 10.3 Å². The number of hydrogen-bond acceptors (Lipinski definition) is 3. The van der Waals surface area contributed by atoms with E-state index >= 15 is 0 Å². The van der Waals surface area contributed by atoms with Crippen molar-refractivity contribution in [3.63, 3.8) is 0 Å². The van der Waals surface area contributed by atoms with Crippen molar-refractivity contribution in [2.24, 2.45) is 5.73 Å². The first-order valence-corrected chi connectivity index (χ1v) is 3.46. The number of likely N-dealkylation sites (tertiary alicyclic amines) is 1. The van der Waals surface area contributed by atoms with E-state index in [0.29, 0.717) is 0 Å². The minimum Gasteiger partial charge on any atom is -0.370 e. The lowest BCUT2D eigenvalue weighted by Crippen LogP contribution is -2.33. The lowest BCUT2D eigenvalue weighted by Gasteiger charge is -2.12. The highest BCUT2D eigenvalue weighted by Gasteiger charge is 2.10. The van der Waals surface area contributed by atoms with Crippen molar-refractivity contribution in [3.05, 3.63) is 10.1 Å². The summed E-state index contributed by atoms with van der Waals surface area (Å²) in [5.41, 5.74) is 5.21. The summed E-state index contributed by atoms with van der Waals surface area (Å²) in [5, 5.41) is 20.6. The third kappa shape index (κ3) is 5.27. The fourth-order valence-corrected chi connectivity index (χ4v) is 0.958. The van der Waals surface area contributed by atoms with Crippen LogP contribution in [-0.2, 0) is 0 Å². The molecule has 7 nitrogen and oxygen atoms in total. The smallest absolute Gasteiger partial charge is 0.291 e. The summed E-state index contributed by atoms with van der Waals surface area (Å²) in [5.74, 6) is 0.225. The van der Waals surface area contributed by atoms with Crippen LogP contribution < -0.4 is 5.73 Å². The van der Waals surface area contributed by atoms with E-state index in [1.54, 1.807) is 0 Å². The molecule has 0 spiro atoms. The molecule has 1 rings (SSSR count). The molecule has 1 heterocycles. The van der Waals surface area contributed by atoms with E-state index < -0.39 is 5.09 Å². The van der Waals surface area contributed by atoms with Crippen molar-refractivity contribution in [1.82, 2.24) is 4.90 Å². The Balaban J connectivity index is 0.000000261. The maximum atomic E-state index is 8.36. The zero-order valence-corrected chi connectivity index (χ0v) is 6.56. The highest BCUT2D eigenvalue weighted by atomic mass is 16.9. The molecule has 0 aliphatic carbocycles. The molecule has 0 aromatic carbocycles. The van der Waals surface area contributed by atoms with E-state index in [2.05, 4.69) is 0 Å². The predicted molar refractivity (Wildman–Crippen MR) is 41.5 cm³/mol. The second-order valence-electron chi connectivity index (χ2n) is 2.32. The van der Waals surface area contributed by atoms with Crippen LogP contribution in [0.15, 0.2) is 0 Å². The molecule has 70 valence electrons. The second-order valence-corrected chi connectivity index (χ2v) is 2.32. The lowest BCUT2D eigenvalue weighted by molar-refractivity contribution is -0.742. The van der Waals surface area contributed by atoms with Crippen LogP contribution in [0.4, 0.5) is 0 Å². The molecule has 0 saturated carbocycles. The van der Waals surface area contributed by atoms with E-state index in [1.165, 1.54) is 12.8 Å². The van der Waals surface area contributed by atoms with Crippen LogP contribution in [0, 0.1) is 15.5 Å². The number of hydrogen-bond donors (Lipinski definition) is 3. The first-order valence-electron chi connectivity index (χ1n) is 3.46. The maximum Gasteiger partial charge on any atom is 0.291 e. The Labute approximate surface area is 69.4 Å². The molecule has 0 aromatic rings. The molecule has 1 fully saturated rings. The van der Waals surface area contributed by atoms with Crippen molar-refractivity contribution in [2.75, 3.05) is 13.1 Å². The van der Waals surface area contributed by atoms with Gasteiger partial charge in [-0.1, -0.05) is 0 Å². The van der Waals surface area contributed by atoms with E-state index in [-0.39, 0.29) is 5.96 Å². The summed E-state index contributed by atoms with van der Waals surface area (Å²) < 4.78 is 0. The molecule has 1 aliphatic heterocycles. The molecular formula is C5H12N4O3. The zero-order valence-electron chi connectivity index (χ0n) is 6.56. The van der Waals surface area contributed by atoms with Crippen LogP contribution in [0.5, 0.6) is 0 Å². The van der Waals surface area contributed by atoms with E-state index in [1.807, 2.05) is 4.90 Å². The Morgan fingerprint density at radius 1 is 1.58 bits per heavy atom. The molecule has 0 aromatic heterocycles. The monoisotopic (exact) mass is 176 g/mol. The molecule has 1 aliphatic rings. The highest BCUT2D eigenvalue weighted by molar-refractivity contribution is 5.74. The lowest BCUT2D eigenvalue weighted by atomic mass is 10.4. The number of nitrogens with two attached hydrogens (primary N) is 1. The van der Waals surface area contributed by atoms with Gasteiger partial charge in [-0.05, 0) is 12.8 Å². The SMILES string of the molecule is N=C(N)N1CCCC1.O=[N+]([O-])O. The Morgan fingerprint density at radius 3 is 2.08 bits per heavy atom. The van der Waals surface area contributed by atoms with Crippen molar-refractivity contribution in [3.8, 4) is 0 Å². The average Bonchev–Trinajstić information content (AvgIpc) is 2.34. The Kier molecular flexibility index (Phi) is 4.51. The summed E-state index contributed by atoms with van der Waals surface area (Å²) in [6, 6.07) is 0. The standard InChI is InChI=1S/C5H11N3.HNO3/c6-5(7)8-3-1-2-4-8;2-1(3)4/h1-4H2,(H3,6,7);(H,2,3,4). The van der Waals surface area contributed by atoms with Crippen molar-refractivity contribution in [1.29, 1.82) is 5.41 Å². The second kappa shape index (κ2) is 5.16. The van der Waals surface area contributed by atoms with Gasteiger partial charge in [0.05, 0.1) is 0 Å². The molecule has 0 radical (unpaired) electrons. The summed E-state index contributed by atoms with van der Waals surface area (Å²) in [4.78, 5) is 10.2. The maximum absolute atomic E-state index is 8.36. The molecule has 4 N–H and O–H groups in total. The third-order valence-electron chi connectivity index (χ3n) is 1.45. The Morgan fingerprint density at radius 2 is 1.92 bits per heavy atom. The molecule has 7 heteroatoms. The van der Waals surface area contributed by atoms with Gasteiger partial charge in [0.1, 0.15) is 0 Å². The van der Waals surface area contributed by atoms with E-state index in [0.717, 1.165) is 13.1 Å². The van der Waals surface area contributed by atoms with Gasteiger partial charge in [0, 0.05) is 13.1 Å². The fraction of sp³-hybridized carbons (Fsp3) is 0.800. The van der Waals surface area contributed by atoms with Gasteiger partial charge >= 0.3 is 0 Å². The van der Waals surface area contributed by atoms with Gasteiger partial charge in [0.2, 0.25) is 0 Å². The van der Waals surface area contributed by atoms with Gasteiger partial charge in [-0.25, -0.2) is 0 Å². The molecule has 1 saturated heterocycles. The molecule has 12 heavy (non-hydrogen) atoms. The van der Waals surface area contributed by atoms with Gasteiger partial charge < -0.3 is 15.8 Å². The van der Waals surface area contributed by atoms with Crippen LogP contribution in [0.2, 0.25) is 0 Å². The molecule has 0 unspecified atom stereocenters. The number of nitrogens with zero attached hydrogens (tertiary/aromatic N) is 2. The summed E-state index contributed by atoms with van der Waals surface area (Å²) in [7, 11) is 0. The number of nitrogens with one attached hydrogen (secondary N) is 1. The minimum atomic E-state index is -1.50. The number of guanidine groups is 1. The Hall–Kier alpha value is -1.53. The van der Waals surface area contributed by atoms with E-state index in [9.17, 15) is 0 Å². The highest BCUT2D eigenvalue weighted by Crippen LogP contribution is 2.04. The predicted octanol–water partition coefficient (Wildman–Crippen LogP) is -0.372. The quantitative estimate of drug-likeness (QED) is 0.201. The summed E-state index contributed by atoms with van der Waals surface area (Å²) in [6.45, 7) is 1.96. The van der Waals surface area contributed by atoms with Gasteiger partial charge in [-0.2, -0.15) is 0 Å². The van der Waals surface area contributed by atoms with Crippen molar-refractivity contribution in [2.45, 2.75) is 12.8 Å². The molecular weight excluding hydrogens is 164 g/mol. The van der Waals surface area contributed by atoms with Gasteiger partial charge in [0.15, 0.2) is 5.96 Å². The minimum absolute atomic E-state index is 0.225. The average molecular weight is 176 g/mol. The Bertz CT molecular complexity index is 162. The fourth-order valence-electron chi connectivity index (χ4n) is 0.958. The van der Waals surface area contributed by atoms with E-state index in [4.69, 9.17) is 26.5 Å². The normalized spacial score (nSPS) is 14.8. The van der Waals surface area contributed by atoms with Crippen LogP contribution in [0.1, 0.15) is 12.8 Å².